The fourth-order valence-electron chi connectivity index (χ4n) is 3.54. The van der Waals surface area contributed by atoms with E-state index in [0.29, 0.717) is 4.83 Å². The van der Waals surface area contributed by atoms with Gasteiger partial charge in [0.2, 0.25) is 0 Å². The summed E-state index contributed by atoms with van der Waals surface area (Å²) in [5.41, 5.74) is 11.6. The number of hydrogen-bond donors (Lipinski definition) is 0. The number of hydrogen-bond acceptors (Lipinski definition) is 0. The maximum absolute atomic E-state index is 3.97. The molecule has 0 saturated carbocycles. The lowest BCUT2D eigenvalue weighted by atomic mass is 9.89. The standard InChI is InChI=1S/C20H23Br/c1-12-10-13(2)15(4)19(14(12)3)20(21)18-9-8-16-6-5-7-17(16)11-18/h8-11,20H,5-7H2,1-4H3. The molecule has 0 radical (unpaired) electrons. The third kappa shape index (κ3) is 2.57. The second-order valence-electron chi connectivity index (χ2n) is 6.42. The predicted molar refractivity (Wildman–Crippen MR) is 94.6 cm³/mol. The normalized spacial score (nSPS) is 15.1. The Bertz CT molecular complexity index is 671. The first-order valence-electron chi connectivity index (χ1n) is 7.82. The van der Waals surface area contributed by atoms with Crippen LogP contribution in [0.3, 0.4) is 0 Å². The molecular weight excluding hydrogens is 320 g/mol. The van der Waals surface area contributed by atoms with Crippen molar-refractivity contribution in [3.05, 3.63) is 68.8 Å². The molecule has 0 heterocycles. The first kappa shape index (κ1) is 14.8. The summed E-state index contributed by atoms with van der Waals surface area (Å²) < 4.78 is 0. The molecule has 1 unspecified atom stereocenters. The maximum atomic E-state index is 3.97. The van der Waals surface area contributed by atoms with Crippen molar-refractivity contribution in [2.75, 3.05) is 0 Å². The van der Waals surface area contributed by atoms with Crippen LogP contribution in [0.25, 0.3) is 0 Å². The molecule has 21 heavy (non-hydrogen) atoms. The summed E-state index contributed by atoms with van der Waals surface area (Å²) in [7, 11) is 0. The second kappa shape index (κ2) is 5.61. The van der Waals surface area contributed by atoms with E-state index in [-0.39, 0.29) is 0 Å². The van der Waals surface area contributed by atoms with Gasteiger partial charge in [0.25, 0.3) is 0 Å². The van der Waals surface area contributed by atoms with E-state index >= 15 is 0 Å². The smallest absolute Gasteiger partial charge is 0.0650 e. The number of benzene rings is 2. The van der Waals surface area contributed by atoms with Gasteiger partial charge in [-0.25, -0.2) is 0 Å². The van der Waals surface area contributed by atoms with Gasteiger partial charge in [0.05, 0.1) is 4.83 Å². The Labute approximate surface area is 136 Å². The Morgan fingerprint density at radius 1 is 0.857 bits per heavy atom. The molecule has 0 amide bonds. The van der Waals surface area contributed by atoms with Crippen LogP contribution in [0.15, 0.2) is 24.3 Å². The zero-order chi connectivity index (χ0) is 15.1. The summed E-state index contributed by atoms with van der Waals surface area (Å²) >= 11 is 3.97. The monoisotopic (exact) mass is 342 g/mol. The van der Waals surface area contributed by atoms with E-state index < -0.39 is 0 Å². The van der Waals surface area contributed by atoms with Gasteiger partial charge in [-0.05, 0) is 91.5 Å². The fraction of sp³-hybridized carbons (Fsp3) is 0.400. The van der Waals surface area contributed by atoms with Crippen LogP contribution in [-0.2, 0) is 12.8 Å². The molecule has 2 aromatic carbocycles. The molecule has 0 saturated heterocycles. The molecular formula is C20H23Br. The number of halogens is 1. The van der Waals surface area contributed by atoms with Crippen LogP contribution in [-0.4, -0.2) is 0 Å². The van der Waals surface area contributed by atoms with Crippen molar-refractivity contribution >= 4 is 15.9 Å². The first-order valence-corrected chi connectivity index (χ1v) is 8.73. The summed E-state index contributed by atoms with van der Waals surface area (Å²) in [5, 5.41) is 0. The van der Waals surface area contributed by atoms with Crippen molar-refractivity contribution in [1.82, 2.24) is 0 Å². The highest BCUT2D eigenvalue weighted by molar-refractivity contribution is 9.09. The van der Waals surface area contributed by atoms with Crippen molar-refractivity contribution < 1.29 is 0 Å². The molecule has 0 nitrogen and oxygen atoms in total. The highest BCUT2D eigenvalue weighted by Crippen LogP contribution is 2.38. The van der Waals surface area contributed by atoms with Gasteiger partial charge in [0, 0.05) is 0 Å². The van der Waals surface area contributed by atoms with E-state index in [2.05, 4.69) is 67.9 Å². The van der Waals surface area contributed by atoms with Crippen LogP contribution in [0.1, 0.15) is 55.8 Å². The Kier molecular flexibility index (Phi) is 3.96. The van der Waals surface area contributed by atoms with Crippen LogP contribution in [0, 0.1) is 27.7 Å². The van der Waals surface area contributed by atoms with E-state index in [1.807, 2.05) is 0 Å². The lowest BCUT2D eigenvalue weighted by molar-refractivity contribution is 0.911. The number of aryl methyl sites for hydroxylation is 4. The van der Waals surface area contributed by atoms with E-state index in [9.17, 15) is 0 Å². The molecule has 1 atom stereocenters. The average Bonchev–Trinajstić information content (AvgIpc) is 2.92. The van der Waals surface area contributed by atoms with Crippen molar-refractivity contribution in [2.45, 2.75) is 51.8 Å². The molecule has 1 heteroatoms. The highest BCUT2D eigenvalue weighted by Gasteiger charge is 2.20. The van der Waals surface area contributed by atoms with E-state index in [0.717, 1.165) is 0 Å². The van der Waals surface area contributed by atoms with Crippen LogP contribution in [0.4, 0.5) is 0 Å². The van der Waals surface area contributed by atoms with Crippen molar-refractivity contribution in [1.29, 1.82) is 0 Å². The zero-order valence-corrected chi connectivity index (χ0v) is 15.0. The van der Waals surface area contributed by atoms with Gasteiger partial charge in [-0.3, -0.25) is 0 Å². The molecule has 0 N–H and O–H groups in total. The molecule has 3 rings (SSSR count). The van der Waals surface area contributed by atoms with Crippen molar-refractivity contribution in [2.24, 2.45) is 0 Å². The highest BCUT2D eigenvalue weighted by atomic mass is 79.9. The van der Waals surface area contributed by atoms with Crippen LogP contribution in [0.2, 0.25) is 0 Å². The molecule has 0 spiro atoms. The summed E-state index contributed by atoms with van der Waals surface area (Å²) in [6.07, 6.45) is 3.81. The fourth-order valence-corrected chi connectivity index (χ4v) is 4.52. The number of fused-ring (bicyclic) bond motifs is 1. The molecule has 2 aromatic rings. The second-order valence-corrected chi connectivity index (χ2v) is 7.33. The van der Waals surface area contributed by atoms with Crippen LogP contribution in [0.5, 0.6) is 0 Å². The summed E-state index contributed by atoms with van der Waals surface area (Å²) in [6, 6.07) is 9.36. The Morgan fingerprint density at radius 3 is 2.14 bits per heavy atom. The van der Waals surface area contributed by atoms with Gasteiger partial charge in [-0.15, -0.1) is 0 Å². The topological polar surface area (TPSA) is 0 Å². The molecule has 1 aliphatic rings. The van der Waals surface area contributed by atoms with Crippen molar-refractivity contribution in [3.8, 4) is 0 Å². The van der Waals surface area contributed by atoms with E-state index in [4.69, 9.17) is 0 Å². The average molecular weight is 343 g/mol. The molecule has 0 fully saturated rings. The minimum Gasteiger partial charge on any atom is -0.0786 e. The van der Waals surface area contributed by atoms with Gasteiger partial charge in [0.15, 0.2) is 0 Å². The van der Waals surface area contributed by atoms with Gasteiger partial charge in [0.1, 0.15) is 0 Å². The SMILES string of the molecule is Cc1cc(C)c(C)c(C(Br)c2ccc3c(c2)CCC3)c1C. The lowest BCUT2D eigenvalue weighted by Gasteiger charge is -2.21. The van der Waals surface area contributed by atoms with Crippen LogP contribution < -0.4 is 0 Å². The number of alkyl halides is 1. The molecule has 110 valence electrons. The Balaban J connectivity index is 2.09. The predicted octanol–water partition coefficient (Wildman–Crippen LogP) is 5.89. The summed E-state index contributed by atoms with van der Waals surface area (Å²) in [5.74, 6) is 0. The third-order valence-electron chi connectivity index (χ3n) is 5.09. The Morgan fingerprint density at radius 2 is 1.48 bits per heavy atom. The number of rotatable bonds is 2. The third-order valence-corrected chi connectivity index (χ3v) is 6.08. The first-order chi connectivity index (χ1) is 9.99. The van der Waals surface area contributed by atoms with Gasteiger partial charge in [-0.2, -0.15) is 0 Å². The lowest BCUT2D eigenvalue weighted by Crippen LogP contribution is -2.03. The zero-order valence-electron chi connectivity index (χ0n) is 13.4. The van der Waals surface area contributed by atoms with Crippen LogP contribution >= 0.6 is 15.9 Å². The van der Waals surface area contributed by atoms with Gasteiger partial charge < -0.3 is 0 Å². The minimum atomic E-state index is 0.294. The minimum absolute atomic E-state index is 0.294. The molecule has 0 aromatic heterocycles. The summed E-state index contributed by atoms with van der Waals surface area (Å²) in [6.45, 7) is 8.93. The molecule has 0 bridgehead atoms. The quantitative estimate of drug-likeness (QED) is 0.596. The van der Waals surface area contributed by atoms with E-state index in [1.54, 1.807) is 11.1 Å². The van der Waals surface area contributed by atoms with E-state index in [1.165, 1.54) is 52.6 Å². The van der Waals surface area contributed by atoms with Gasteiger partial charge in [-0.1, -0.05) is 40.2 Å². The largest absolute Gasteiger partial charge is 0.0786 e. The summed E-state index contributed by atoms with van der Waals surface area (Å²) in [4.78, 5) is 0.294. The van der Waals surface area contributed by atoms with Crippen molar-refractivity contribution in [3.63, 3.8) is 0 Å². The Hall–Kier alpha value is -1.08. The molecule has 1 aliphatic carbocycles. The molecule has 0 aliphatic heterocycles. The maximum Gasteiger partial charge on any atom is 0.0650 e. The van der Waals surface area contributed by atoms with Gasteiger partial charge >= 0.3 is 0 Å².